The van der Waals surface area contributed by atoms with Gasteiger partial charge in [-0.2, -0.15) is 4.98 Å². The van der Waals surface area contributed by atoms with Gasteiger partial charge >= 0.3 is 0 Å². The molecule has 1 aromatic carbocycles. The third kappa shape index (κ3) is 3.50. The minimum absolute atomic E-state index is 0.00819. The first-order chi connectivity index (χ1) is 13.7. The summed E-state index contributed by atoms with van der Waals surface area (Å²) in [5, 5.41) is 17.0. The van der Waals surface area contributed by atoms with Gasteiger partial charge in [-0.3, -0.25) is 15.0 Å². The van der Waals surface area contributed by atoms with Crippen molar-refractivity contribution in [2.45, 2.75) is 31.9 Å². The van der Waals surface area contributed by atoms with E-state index < -0.39 is 0 Å². The number of fused-ring (bicyclic) bond motifs is 1. The second kappa shape index (κ2) is 7.00. The van der Waals surface area contributed by atoms with Crippen LogP contribution in [0, 0.1) is 5.92 Å². The summed E-state index contributed by atoms with van der Waals surface area (Å²) in [6.45, 7) is 2.54. The Balaban J connectivity index is 1.37. The zero-order chi connectivity index (χ0) is 19.1. The Labute approximate surface area is 163 Å². The summed E-state index contributed by atoms with van der Waals surface area (Å²) < 4.78 is 1.77. The number of aliphatic hydroxyl groups excluding tert-OH is 1. The summed E-state index contributed by atoms with van der Waals surface area (Å²) >= 11 is 0. The first-order valence-electron chi connectivity index (χ1n) is 9.82. The number of benzene rings is 1. The normalized spacial score (nSPS) is 20.0. The quantitative estimate of drug-likeness (QED) is 0.713. The van der Waals surface area contributed by atoms with Gasteiger partial charge in [0.05, 0.1) is 11.8 Å². The van der Waals surface area contributed by atoms with Gasteiger partial charge in [-0.1, -0.05) is 30.3 Å². The van der Waals surface area contributed by atoms with Crippen LogP contribution in [0.15, 0.2) is 42.5 Å². The van der Waals surface area contributed by atoms with Gasteiger partial charge in [-0.05, 0) is 37.0 Å². The molecule has 5 rings (SSSR count). The number of hydrogen-bond acceptors (Lipinski definition) is 5. The topological polar surface area (TPSA) is 82.8 Å². The third-order valence-corrected chi connectivity index (χ3v) is 5.45. The smallest absolute Gasteiger partial charge is 0.249 e. The standard InChI is InChI=1S/C21H23N5O2/c27-17-10-11-25(13-17)12-14-4-6-15(7-5-14)18-2-1-3-19-22-21(24-26(18)19)23-20(28)16-8-9-16/h1-7,16-17,27H,8-13H2,(H,23,24,28)/t17-/m1/s1. The van der Waals surface area contributed by atoms with Gasteiger partial charge in [0.15, 0.2) is 5.65 Å². The molecule has 1 aliphatic carbocycles. The van der Waals surface area contributed by atoms with Crippen molar-refractivity contribution < 1.29 is 9.90 Å². The number of likely N-dealkylation sites (tertiary alicyclic amines) is 1. The molecule has 1 aliphatic heterocycles. The van der Waals surface area contributed by atoms with Crippen molar-refractivity contribution in [2.75, 3.05) is 18.4 Å². The first-order valence-corrected chi connectivity index (χ1v) is 9.82. The van der Waals surface area contributed by atoms with Gasteiger partial charge < -0.3 is 5.11 Å². The van der Waals surface area contributed by atoms with Crippen LogP contribution in [0.5, 0.6) is 0 Å². The minimum atomic E-state index is -0.196. The molecule has 1 amide bonds. The highest BCUT2D eigenvalue weighted by Crippen LogP contribution is 2.30. The molecule has 0 unspecified atom stereocenters. The van der Waals surface area contributed by atoms with Gasteiger partial charge in [0, 0.05) is 31.1 Å². The molecule has 3 heterocycles. The van der Waals surface area contributed by atoms with Crippen LogP contribution in [0.1, 0.15) is 24.8 Å². The number of pyridine rings is 1. The first kappa shape index (κ1) is 17.3. The number of aliphatic hydroxyl groups is 1. The molecule has 2 N–H and O–H groups in total. The van der Waals surface area contributed by atoms with Crippen molar-refractivity contribution in [3.05, 3.63) is 48.0 Å². The number of rotatable bonds is 5. The molecule has 144 valence electrons. The predicted molar refractivity (Wildman–Crippen MR) is 106 cm³/mol. The molecule has 7 heteroatoms. The van der Waals surface area contributed by atoms with Gasteiger partial charge in [0.1, 0.15) is 0 Å². The maximum absolute atomic E-state index is 12.0. The van der Waals surface area contributed by atoms with Crippen LogP contribution in [0.2, 0.25) is 0 Å². The number of amides is 1. The molecule has 2 aromatic heterocycles. The van der Waals surface area contributed by atoms with Gasteiger partial charge in [-0.25, -0.2) is 4.52 Å². The van der Waals surface area contributed by atoms with Crippen molar-refractivity contribution in [3.63, 3.8) is 0 Å². The lowest BCUT2D eigenvalue weighted by atomic mass is 10.1. The number of aromatic nitrogens is 3. The fourth-order valence-corrected chi connectivity index (χ4v) is 3.73. The average Bonchev–Trinajstić information content (AvgIpc) is 3.35. The molecular weight excluding hydrogens is 354 g/mol. The minimum Gasteiger partial charge on any atom is -0.392 e. The maximum atomic E-state index is 12.0. The average molecular weight is 377 g/mol. The number of nitrogens with one attached hydrogen (secondary N) is 1. The van der Waals surface area contributed by atoms with E-state index in [1.807, 2.05) is 18.2 Å². The van der Waals surface area contributed by atoms with E-state index in [-0.39, 0.29) is 17.9 Å². The summed E-state index contributed by atoms with van der Waals surface area (Å²) in [7, 11) is 0. The number of carbonyl (C=O) groups is 1. The van der Waals surface area contributed by atoms with Crippen LogP contribution in [0.25, 0.3) is 16.9 Å². The van der Waals surface area contributed by atoms with Crippen molar-refractivity contribution in [1.82, 2.24) is 19.5 Å². The van der Waals surface area contributed by atoms with Crippen molar-refractivity contribution >= 4 is 17.5 Å². The number of hydrogen-bond donors (Lipinski definition) is 2. The number of β-amino-alcohol motifs (C(OH)–C–C–N with tert-alkyl or cyclic N) is 1. The molecule has 0 radical (unpaired) electrons. The lowest BCUT2D eigenvalue weighted by molar-refractivity contribution is -0.117. The summed E-state index contributed by atoms with van der Waals surface area (Å²) in [6, 6.07) is 14.2. The van der Waals surface area contributed by atoms with Crippen molar-refractivity contribution in [3.8, 4) is 11.3 Å². The zero-order valence-electron chi connectivity index (χ0n) is 15.6. The number of nitrogens with zero attached hydrogens (tertiary/aromatic N) is 4. The van der Waals surface area contributed by atoms with Crippen LogP contribution in [0.4, 0.5) is 5.95 Å². The molecule has 1 atom stereocenters. The van der Waals surface area contributed by atoms with Crippen LogP contribution in [-0.2, 0) is 11.3 Å². The summed E-state index contributed by atoms with van der Waals surface area (Å²) in [4.78, 5) is 18.7. The van der Waals surface area contributed by atoms with Crippen LogP contribution >= 0.6 is 0 Å². The summed E-state index contributed by atoms with van der Waals surface area (Å²) in [6.07, 6.45) is 2.56. The molecule has 7 nitrogen and oxygen atoms in total. The van der Waals surface area contributed by atoms with Gasteiger partial charge in [0.25, 0.3) is 0 Å². The second-order valence-corrected chi connectivity index (χ2v) is 7.75. The van der Waals surface area contributed by atoms with E-state index in [2.05, 4.69) is 44.6 Å². The van der Waals surface area contributed by atoms with Crippen LogP contribution in [0.3, 0.4) is 0 Å². The van der Waals surface area contributed by atoms with E-state index >= 15 is 0 Å². The number of anilines is 1. The maximum Gasteiger partial charge on any atom is 0.249 e. The largest absolute Gasteiger partial charge is 0.392 e. The predicted octanol–water partition coefficient (Wildman–Crippen LogP) is 2.31. The lowest BCUT2D eigenvalue weighted by Crippen LogP contribution is -2.21. The fourth-order valence-electron chi connectivity index (χ4n) is 3.73. The monoisotopic (exact) mass is 377 g/mol. The highest BCUT2D eigenvalue weighted by molar-refractivity contribution is 5.92. The summed E-state index contributed by atoms with van der Waals surface area (Å²) in [5.41, 5.74) is 3.90. The molecule has 1 saturated heterocycles. The van der Waals surface area contributed by atoms with E-state index in [0.717, 1.165) is 50.2 Å². The lowest BCUT2D eigenvalue weighted by Gasteiger charge is -2.15. The molecule has 3 aromatic rings. The third-order valence-electron chi connectivity index (χ3n) is 5.45. The molecule has 1 saturated carbocycles. The Hall–Kier alpha value is -2.77. The fraction of sp³-hybridized carbons (Fsp3) is 0.381. The molecular formula is C21H23N5O2. The molecule has 2 fully saturated rings. The van der Waals surface area contributed by atoms with Crippen molar-refractivity contribution in [2.24, 2.45) is 5.92 Å². The Morgan fingerprint density at radius 2 is 1.96 bits per heavy atom. The van der Waals surface area contributed by atoms with E-state index in [1.165, 1.54) is 5.56 Å². The number of carbonyl (C=O) groups excluding carboxylic acids is 1. The van der Waals surface area contributed by atoms with Crippen LogP contribution in [-0.4, -0.2) is 49.7 Å². The molecule has 2 aliphatic rings. The SMILES string of the molecule is O=C(Nc1nc2cccc(-c3ccc(CN4CC[C@@H](O)C4)cc3)n2n1)C1CC1. The summed E-state index contributed by atoms with van der Waals surface area (Å²) in [5.74, 6) is 0.484. The van der Waals surface area contributed by atoms with E-state index in [1.54, 1.807) is 4.52 Å². The molecule has 0 spiro atoms. The zero-order valence-corrected chi connectivity index (χ0v) is 15.6. The second-order valence-electron chi connectivity index (χ2n) is 7.75. The highest BCUT2D eigenvalue weighted by Gasteiger charge is 2.30. The molecule has 0 bridgehead atoms. The Kier molecular flexibility index (Phi) is 4.33. The van der Waals surface area contributed by atoms with Crippen LogP contribution < -0.4 is 5.32 Å². The van der Waals surface area contributed by atoms with Gasteiger partial charge in [0.2, 0.25) is 11.9 Å². The van der Waals surface area contributed by atoms with E-state index in [4.69, 9.17) is 0 Å². The Morgan fingerprint density at radius 3 is 2.68 bits per heavy atom. The Morgan fingerprint density at radius 1 is 1.14 bits per heavy atom. The van der Waals surface area contributed by atoms with E-state index in [0.29, 0.717) is 11.6 Å². The van der Waals surface area contributed by atoms with E-state index in [9.17, 15) is 9.90 Å². The van der Waals surface area contributed by atoms with Crippen molar-refractivity contribution in [1.29, 1.82) is 0 Å². The Bertz CT molecular complexity index is 1010. The van der Waals surface area contributed by atoms with Gasteiger partial charge in [-0.15, -0.1) is 5.10 Å². The highest BCUT2D eigenvalue weighted by atomic mass is 16.3. The molecule has 28 heavy (non-hydrogen) atoms.